The zero-order valence-corrected chi connectivity index (χ0v) is 10.2. The summed E-state index contributed by atoms with van der Waals surface area (Å²) in [5.74, 6) is 3.91. The zero-order valence-electron chi connectivity index (χ0n) is 10.2. The molecule has 0 bridgehead atoms. The second-order valence-corrected chi connectivity index (χ2v) is 5.15. The molecule has 1 saturated carbocycles. The Bertz CT molecular complexity index is 371. The Morgan fingerprint density at radius 1 is 1.59 bits per heavy atom. The predicted molar refractivity (Wildman–Crippen MR) is 66.7 cm³/mol. The Morgan fingerprint density at radius 3 is 3.00 bits per heavy atom. The van der Waals surface area contributed by atoms with E-state index in [2.05, 4.69) is 18.2 Å². The zero-order chi connectivity index (χ0) is 12.4. The highest BCUT2D eigenvalue weighted by Gasteiger charge is 2.41. The van der Waals surface area contributed by atoms with Crippen molar-refractivity contribution < 1.29 is 4.79 Å². The third-order valence-corrected chi connectivity index (χ3v) is 3.82. The summed E-state index contributed by atoms with van der Waals surface area (Å²) in [6, 6.07) is -0.336. The van der Waals surface area contributed by atoms with Crippen molar-refractivity contribution in [1.82, 2.24) is 10.2 Å². The second-order valence-electron chi connectivity index (χ2n) is 5.15. The van der Waals surface area contributed by atoms with Crippen molar-refractivity contribution in [2.24, 2.45) is 11.8 Å². The molecule has 3 atom stereocenters. The van der Waals surface area contributed by atoms with E-state index >= 15 is 0 Å². The number of amides is 2. The molecule has 17 heavy (non-hydrogen) atoms. The van der Waals surface area contributed by atoms with Crippen LogP contribution in [-0.2, 0) is 0 Å². The van der Waals surface area contributed by atoms with Gasteiger partial charge in [-0.3, -0.25) is 10.7 Å². The third kappa shape index (κ3) is 2.28. The van der Waals surface area contributed by atoms with E-state index in [-0.39, 0.29) is 12.1 Å². The van der Waals surface area contributed by atoms with Crippen LogP contribution >= 0.6 is 0 Å². The molecule has 92 valence electrons. The summed E-state index contributed by atoms with van der Waals surface area (Å²) in [6.45, 7) is 2.54. The van der Waals surface area contributed by atoms with Gasteiger partial charge >= 0.3 is 6.03 Å². The molecular weight excluding hydrogens is 214 g/mol. The highest BCUT2D eigenvalue weighted by Crippen LogP contribution is 2.34. The number of nitrogens with one attached hydrogen (secondary N) is 2. The molecule has 3 unspecified atom stereocenters. The molecule has 2 N–H and O–H groups in total. The summed E-state index contributed by atoms with van der Waals surface area (Å²) >= 11 is 0. The van der Waals surface area contributed by atoms with E-state index in [1.165, 1.54) is 12.8 Å². The van der Waals surface area contributed by atoms with Crippen LogP contribution in [0.25, 0.3) is 0 Å². The quantitative estimate of drug-likeness (QED) is 0.702. The fourth-order valence-electron chi connectivity index (χ4n) is 3.07. The van der Waals surface area contributed by atoms with Crippen LogP contribution in [0.5, 0.6) is 0 Å². The highest BCUT2D eigenvalue weighted by molar-refractivity contribution is 6.05. The van der Waals surface area contributed by atoms with E-state index in [9.17, 15) is 4.79 Å². The molecule has 1 heterocycles. The van der Waals surface area contributed by atoms with Crippen LogP contribution in [0.1, 0.15) is 32.6 Å². The molecule has 2 rings (SSSR count). The van der Waals surface area contributed by atoms with Gasteiger partial charge in [0.2, 0.25) is 0 Å². The Balaban J connectivity index is 2.14. The van der Waals surface area contributed by atoms with Gasteiger partial charge in [-0.05, 0) is 24.7 Å². The van der Waals surface area contributed by atoms with Crippen LogP contribution in [-0.4, -0.2) is 29.4 Å². The highest BCUT2D eigenvalue weighted by atomic mass is 16.2. The molecule has 4 nitrogen and oxygen atoms in total. The van der Waals surface area contributed by atoms with Gasteiger partial charge in [0.15, 0.2) is 0 Å². The molecule has 1 saturated heterocycles. The van der Waals surface area contributed by atoms with Gasteiger partial charge in [0.1, 0.15) is 5.84 Å². The molecule has 0 aromatic heterocycles. The van der Waals surface area contributed by atoms with Gasteiger partial charge in [-0.15, -0.1) is 6.42 Å². The number of urea groups is 1. The summed E-state index contributed by atoms with van der Waals surface area (Å²) in [5, 5.41) is 10.5. The van der Waals surface area contributed by atoms with E-state index in [4.69, 9.17) is 11.8 Å². The van der Waals surface area contributed by atoms with E-state index in [0.717, 1.165) is 12.8 Å². The maximum absolute atomic E-state index is 11.7. The molecule has 0 spiro atoms. The first-order valence-electron chi connectivity index (χ1n) is 6.23. The minimum Gasteiger partial charge on any atom is -0.303 e. The number of amidine groups is 1. The van der Waals surface area contributed by atoms with Gasteiger partial charge in [0.25, 0.3) is 0 Å². The summed E-state index contributed by atoms with van der Waals surface area (Å²) in [4.78, 5) is 13.3. The lowest BCUT2D eigenvalue weighted by atomic mass is 9.78. The minimum atomic E-state index is -0.212. The van der Waals surface area contributed by atoms with Crippen LogP contribution in [0.2, 0.25) is 0 Å². The first-order valence-corrected chi connectivity index (χ1v) is 6.23. The van der Waals surface area contributed by atoms with Crippen molar-refractivity contribution in [2.75, 3.05) is 6.54 Å². The minimum absolute atomic E-state index is 0.124. The maximum Gasteiger partial charge on any atom is 0.324 e. The van der Waals surface area contributed by atoms with Gasteiger partial charge in [-0.25, -0.2) is 4.79 Å². The first-order chi connectivity index (χ1) is 8.13. The van der Waals surface area contributed by atoms with Crippen LogP contribution in [0.15, 0.2) is 0 Å². The molecule has 4 heteroatoms. The molecule has 0 aromatic carbocycles. The topological polar surface area (TPSA) is 56.2 Å². The average Bonchev–Trinajstić information content (AvgIpc) is 2.54. The van der Waals surface area contributed by atoms with Gasteiger partial charge in [0, 0.05) is 0 Å². The Labute approximate surface area is 102 Å². The van der Waals surface area contributed by atoms with E-state index in [1.807, 2.05) is 0 Å². The van der Waals surface area contributed by atoms with E-state index < -0.39 is 0 Å². The summed E-state index contributed by atoms with van der Waals surface area (Å²) in [5.41, 5.74) is 0. The summed E-state index contributed by atoms with van der Waals surface area (Å²) < 4.78 is 0. The number of carbonyl (C=O) groups excluding carboxylic acids is 1. The summed E-state index contributed by atoms with van der Waals surface area (Å²) in [6.07, 6.45) is 9.92. The first kappa shape index (κ1) is 12.0. The van der Waals surface area contributed by atoms with E-state index in [0.29, 0.717) is 24.2 Å². The standard InChI is InChI=1S/C13H19N3O/c1-3-7-16-11(12(14)15-13(16)17)10-6-4-5-9(2)8-10/h1,9-11H,4-8H2,2H3,(H2,14,15,17). The van der Waals surface area contributed by atoms with Crippen molar-refractivity contribution in [2.45, 2.75) is 38.6 Å². The fourth-order valence-corrected chi connectivity index (χ4v) is 3.07. The number of carbonyl (C=O) groups is 1. The van der Waals surface area contributed by atoms with Crippen LogP contribution < -0.4 is 5.32 Å². The third-order valence-electron chi connectivity index (χ3n) is 3.82. The van der Waals surface area contributed by atoms with E-state index in [1.54, 1.807) is 4.90 Å². The molecule has 0 radical (unpaired) electrons. The van der Waals surface area contributed by atoms with Crippen molar-refractivity contribution in [3.63, 3.8) is 0 Å². The molecule has 2 aliphatic rings. The molecule has 1 aliphatic carbocycles. The lowest BCUT2D eigenvalue weighted by Crippen LogP contribution is -2.42. The normalized spacial score (nSPS) is 33.4. The van der Waals surface area contributed by atoms with Crippen molar-refractivity contribution >= 4 is 11.9 Å². The fraction of sp³-hybridized carbons (Fsp3) is 0.692. The SMILES string of the molecule is C#CCN1C(=O)NC(=N)C1C1CCCC(C)C1. The summed E-state index contributed by atoms with van der Waals surface area (Å²) in [7, 11) is 0. The second kappa shape index (κ2) is 4.79. The number of rotatable bonds is 2. The Morgan fingerprint density at radius 2 is 2.35 bits per heavy atom. The van der Waals surface area contributed by atoms with Gasteiger partial charge in [0.05, 0.1) is 12.6 Å². The van der Waals surface area contributed by atoms with Crippen molar-refractivity contribution in [3.05, 3.63) is 0 Å². The molecule has 1 aliphatic heterocycles. The van der Waals surface area contributed by atoms with Gasteiger partial charge in [-0.2, -0.15) is 0 Å². The maximum atomic E-state index is 11.7. The molecule has 2 fully saturated rings. The average molecular weight is 233 g/mol. The molecule has 0 aromatic rings. The van der Waals surface area contributed by atoms with Gasteiger partial charge in [-0.1, -0.05) is 25.7 Å². The van der Waals surface area contributed by atoms with Gasteiger partial charge < -0.3 is 4.90 Å². The Kier molecular flexibility index (Phi) is 3.37. The number of hydrogen-bond donors (Lipinski definition) is 2. The lowest BCUT2D eigenvalue weighted by Gasteiger charge is -2.34. The van der Waals surface area contributed by atoms with Crippen molar-refractivity contribution in [1.29, 1.82) is 5.41 Å². The predicted octanol–water partition coefficient (Wildman–Crippen LogP) is 1.82. The van der Waals surface area contributed by atoms with Crippen LogP contribution in [0.4, 0.5) is 4.79 Å². The smallest absolute Gasteiger partial charge is 0.303 e. The van der Waals surface area contributed by atoms with Crippen LogP contribution in [0.3, 0.4) is 0 Å². The lowest BCUT2D eigenvalue weighted by molar-refractivity contribution is 0.173. The molecular formula is C13H19N3O. The molecule has 2 amide bonds. The number of hydrogen-bond acceptors (Lipinski definition) is 2. The largest absolute Gasteiger partial charge is 0.324 e. The monoisotopic (exact) mass is 233 g/mol. The number of nitrogens with zero attached hydrogens (tertiary/aromatic N) is 1. The van der Waals surface area contributed by atoms with Crippen LogP contribution in [0, 0.1) is 29.6 Å². The number of terminal acetylenes is 1. The van der Waals surface area contributed by atoms with Crippen molar-refractivity contribution in [3.8, 4) is 12.3 Å². The Hall–Kier alpha value is -1.50.